The lowest BCUT2D eigenvalue weighted by Gasteiger charge is -2.43. The molecule has 0 N–H and O–H groups in total. The zero-order valence-electron chi connectivity index (χ0n) is 31.6. The smallest absolute Gasteiger partial charge is 0.494 e. The van der Waals surface area contributed by atoms with Crippen molar-refractivity contribution in [1.29, 1.82) is 0 Å². The number of hydrogen-bond acceptors (Lipinski definition) is 12. The Kier molecular flexibility index (Phi) is 16.9. The monoisotopic (exact) mass is 727 g/mol. The van der Waals surface area contributed by atoms with Gasteiger partial charge in [0.25, 0.3) is 0 Å². The lowest BCUT2D eigenvalue weighted by molar-refractivity contribution is -0.181. The highest BCUT2D eigenvalue weighted by Crippen LogP contribution is 2.39. The number of morpholine rings is 2. The van der Waals surface area contributed by atoms with Crippen LogP contribution < -0.4 is 4.74 Å². The SMILES string of the molecule is CC(C)(C)OC(=O)ON1C[C@@H](COCCN2CCOCC2)[C@@H](c2ccc(OCCCOCc3ccccc3)cc2)[C@@H](COCCN2CCOCC2)C1. The summed E-state index contributed by atoms with van der Waals surface area (Å²) in [6, 6.07) is 18.6. The molecule has 3 aliphatic rings. The molecule has 0 saturated carbocycles. The zero-order valence-corrected chi connectivity index (χ0v) is 31.6. The summed E-state index contributed by atoms with van der Waals surface area (Å²) < 4.78 is 41.2. The highest BCUT2D eigenvalue weighted by atomic mass is 16.8. The Hall–Kier alpha value is -2.81. The number of hydroxylamine groups is 2. The number of hydrogen-bond donors (Lipinski definition) is 0. The number of benzene rings is 2. The van der Waals surface area contributed by atoms with Crippen LogP contribution >= 0.6 is 0 Å². The van der Waals surface area contributed by atoms with E-state index in [4.69, 9.17) is 38.0 Å². The fourth-order valence-electron chi connectivity index (χ4n) is 6.92. The average molecular weight is 728 g/mol. The van der Waals surface area contributed by atoms with Gasteiger partial charge in [-0.2, -0.15) is 0 Å². The van der Waals surface area contributed by atoms with E-state index < -0.39 is 11.8 Å². The van der Waals surface area contributed by atoms with Gasteiger partial charge in [0.05, 0.1) is 72.7 Å². The maximum atomic E-state index is 12.8. The van der Waals surface area contributed by atoms with Gasteiger partial charge in [0.15, 0.2) is 0 Å². The second-order valence-corrected chi connectivity index (χ2v) is 14.8. The van der Waals surface area contributed by atoms with Crippen LogP contribution in [0.4, 0.5) is 4.79 Å². The lowest BCUT2D eigenvalue weighted by Crippen LogP contribution is -2.49. The molecule has 3 aliphatic heterocycles. The Balaban J connectivity index is 1.22. The molecule has 0 unspecified atom stereocenters. The van der Waals surface area contributed by atoms with Crippen molar-refractivity contribution in [1.82, 2.24) is 14.9 Å². The Morgan fingerprint density at radius 2 is 1.31 bits per heavy atom. The molecule has 3 heterocycles. The van der Waals surface area contributed by atoms with Gasteiger partial charge < -0.3 is 38.0 Å². The van der Waals surface area contributed by atoms with E-state index in [9.17, 15) is 4.79 Å². The summed E-state index contributed by atoms with van der Waals surface area (Å²) in [5.41, 5.74) is 1.71. The van der Waals surface area contributed by atoms with Gasteiger partial charge in [0.1, 0.15) is 11.4 Å². The number of carbonyl (C=O) groups excluding carboxylic acids is 1. The molecule has 5 rings (SSSR count). The van der Waals surface area contributed by atoms with E-state index in [0.717, 1.165) is 77.9 Å². The zero-order chi connectivity index (χ0) is 36.4. The van der Waals surface area contributed by atoms with Crippen LogP contribution in [0.1, 0.15) is 44.2 Å². The summed E-state index contributed by atoms with van der Waals surface area (Å²) in [5, 5.41) is 1.74. The summed E-state index contributed by atoms with van der Waals surface area (Å²) in [5.74, 6) is 1.03. The van der Waals surface area contributed by atoms with Gasteiger partial charge in [-0.05, 0) is 49.9 Å². The first-order valence-corrected chi connectivity index (χ1v) is 19.1. The summed E-state index contributed by atoms with van der Waals surface area (Å²) in [7, 11) is 0. The Morgan fingerprint density at radius 3 is 1.87 bits per heavy atom. The van der Waals surface area contributed by atoms with Crippen LogP contribution in [0, 0.1) is 11.8 Å². The molecule has 3 saturated heterocycles. The molecule has 2 aromatic rings. The predicted octanol–water partition coefficient (Wildman–Crippen LogP) is 4.87. The molecule has 0 aromatic heterocycles. The first kappa shape index (κ1) is 40.4. The van der Waals surface area contributed by atoms with Gasteiger partial charge in [-0.1, -0.05) is 42.5 Å². The van der Waals surface area contributed by atoms with Gasteiger partial charge in [0.2, 0.25) is 0 Å². The molecule has 2 aromatic carbocycles. The number of carbonyl (C=O) groups is 1. The van der Waals surface area contributed by atoms with Crippen LogP contribution in [0.15, 0.2) is 54.6 Å². The van der Waals surface area contributed by atoms with Crippen LogP contribution in [0.5, 0.6) is 5.75 Å². The molecule has 290 valence electrons. The number of ether oxygens (including phenoxy) is 7. The third kappa shape index (κ3) is 14.5. The number of rotatable bonds is 19. The molecule has 3 fully saturated rings. The molecule has 52 heavy (non-hydrogen) atoms. The quantitative estimate of drug-likeness (QED) is 0.146. The van der Waals surface area contributed by atoms with E-state index in [1.807, 2.05) is 39.0 Å². The summed E-state index contributed by atoms with van der Waals surface area (Å²) >= 11 is 0. The fraction of sp³-hybridized carbons (Fsp3) is 0.675. The number of nitrogens with zero attached hydrogens (tertiary/aromatic N) is 3. The highest BCUT2D eigenvalue weighted by Gasteiger charge is 2.40. The summed E-state index contributed by atoms with van der Waals surface area (Å²) in [6.45, 7) is 19.1. The largest absolute Gasteiger partial charge is 0.528 e. The van der Waals surface area contributed by atoms with Crippen LogP contribution in [0.2, 0.25) is 0 Å². The van der Waals surface area contributed by atoms with Crippen molar-refractivity contribution < 1.29 is 42.8 Å². The van der Waals surface area contributed by atoms with Gasteiger partial charge in [-0.3, -0.25) is 9.80 Å². The van der Waals surface area contributed by atoms with E-state index in [-0.39, 0.29) is 17.8 Å². The Labute approximate surface area is 310 Å². The third-order valence-corrected chi connectivity index (χ3v) is 9.54. The lowest BCUT2D eigenvalue weighted by atomic mass is 9.74. The van der Waals surface area contributed by atoms with Gasteiger partial charge in [0, 0.05) is 70.6 Å². The van der Waals surface area contributed by atoms with Crippen molar-refractivity contribution >= 4 is 6.16 Å². The van der Waals surface area contributed by atoms with E-state index in [2.05, 4.69) is 46.2 Å². The molecule has 12 heteroatoms. The second-order valence-electron chi connectivity index (χ2n) is 14.8. The molecule has 0 aliphatic carbocycles. The van der Waals surface area contributed by atoms with Crippen molar-refractivity contribution in [2.24, 2.45) is 11.8 Å². The summed E-state index contributed by atoms with van der Waals surface area (Å²) in [6.07, 6.45) is 0.107. The maximum Gasteiger partial charge on any atom is 0.528 e. The molecule has 0 spiro atoms. The fourth-order valence-corrected chi connectivity index (χ4v) is 6.92. The molecule has 0 amide bonds. The minimum Gasteiger partial charge on any atom is -0.494 e. The standard InChI is InChI=1S/C40H61N3O9/c1-40(2,3)51-39(44)52-43-28-35(31-48-26-18-41-14-22-45-23-15-41)38(36(29-43)32-49-27-19-42-16-24-46-25-17-42)34-10-12-37(13-11-34)50-21-7-20-47-30-33-8-5-4-6-9-33/h4-6,8-13,35-36,38H,7,14-32H2,1-3H3/t35-,36+,38+. The number of piperidine rings is 1. The molecular weight excluding hydrogens is 666 g/mol. The molecular formula is C40H61N3O9. The van der Waals surface area contributed by atoms with Gasteiger partial charge >= 0.3 is 6.16 Å². The predicted molar refractivity (Wildman–Crippen MR) is 197 cm³/mol. The van der Waals surface area contributed by atoms with Gasteiger partial charge in [-0.15, -0.1) is 5.06 Å². The Morgan fingerprint density at radius 1 is 0.731 bits per heavy atom. The highest BCUT2D eigenvalue weighted by molar-refractivity contribution is 5.60. The minimum absolute atomic E-state index is 0.0438. The van der Waals surface area contributed by atoms with Crippen molar-refractivity contribution in [2.45, 2.75) is 45.3 Å². The third-order valence-electron chi connectivity index (χ3n) is 9.54. The maximum absolute atomic E-state index is 12.8. The van der Waals surface area contributed by atoms with E-state index in [0.29, 0.717) is 59.3 Å². The van der Waals surface area contributed by atoms with E-state index >= 15 is 0 Å². The molecule has 0 bridgehead atoms. The van der Waals surface area contributed by atoms with Gasteiger partial charge in [-0.25, -0.2) is 4.79 Å². The average Bonchev–Trinajstić information content (AvgIpc) is 3.14. The van der Waals surface area contributed by atoms with Crippen LogP contribution in [0.3, 0.4) is 0 Å². The molecule has 3 atom stereocenters. The van der Waals surface area contributed by atoms with Crippen LogP contribution in [-0.2, 0) is 39.9 Å². The van der Waals surface area contributed by atoms with Crippen LogP contribution in [0.25, 0.3) is 0 Å². The molecule has 12 nitrogen and oxygen atoms in total. The first-order valence-electron chi connectivity index (χ1n) is 19.1. The normalized spacial score (nSPS) is 22.2. The molecule has 0 radical (unpaired) electrons. The minimum atomic E-state index is -0.697. The van der Waals surface area contributed by atoms with E-state index in [1.165, 1.54) is 11.1 Å². The Bertz CT molecular complexity index is 1230. The van der Waals surface area contributed by atoms with Crippen molar-refractivity contribution in [2.75, 3.05) is 118 Å². The first-order chi connectivity index (χ1) is 25.3. The van der Waals surface area contributed by atoms with Crippen molar-refractivity contribution in [3.8, 4) is 5.75 Å². The topological polar surface area (TPSA) is 101 Å². The van der Waals surface area contributed by atoms with Crippen molar-refractivity contribution in [3.63, 3.8) is 0 Å². The van der Waals surface area contributed by atoms with Crippen LogP contribution in [-0.4, -0.2) is 145 Å². The van der Waals surface area contributed by atoms with Crippen molar-refractivity contribution in [3.05, 3.63) is 65.7 Å². The van der Waals surface area contributed by atoms with E-state index in [1.54, 1.807) is 5.06 Å². The second kappa shape index (κ2) is 21.8. The summed E-state index contributed by atoms with van der Waals surface area (Å²) in [4.78, 5) is 23.4.